The van der Waals surface area contributed by atoms with E-state index < -0.39 is 34.0 Å². The number of hydrogen-bond acceptors (Lipinski definition) is 6. The van der Waals surface area contributed by atoms with Gasteiger partial charge in [0.2, 0.25) is 10.0 Å². The standard InChI is InChI=1S/C29H47N3O5S2Si/c1-9-10-11-12-13-20-39(30,36)25-17-15-24(16-18-25)31-28(33)26-19-14-23(21-27(26)32(5)38(6,34)35)22-37-40(7,8)29(2,3)4/h14-19,21,30H,9-13,20,22H2,1-8H3,(H,31,33). The van der Waals surface area contributed by atoms with Crippen molar-refractivity contribution in [3.8, 4) is 0 Å². The Morgan fingerprint density at radius 1 is 1.00 bits per heavy atom. The van der Waals surface area contributed by atoms with E-state index in [2.05, 4.69) is 46.1 Å². The molecule has 0 radical (unpaired) electrons. The molecule has 2 N–H and O–H groups in total. The van der Waals surface area contributed by atoms with E-state index in [-0.39, 0.29) is 16.3 Å². The molecule has 40 heavy (non-hydrogen) atoms. The number of unbranched alkanes of at least 4 members (excludes halogenated alkanes) is 4. The monoisotopic (exact) mass is 609 g/mol. The number of carbonyl (C=O) groups excluding carboxylic acids is 1. The van der Waals surface area contributed by atoms with E-state index >= 15 is 0 Å². The minimum atomic E-state index is -3.63. The molecule has 2 aromatic rings. The van der Waals surface area contributed by atoms with Crippen LogP contribution < -0.4 is 9.62 Å². The molecule has 1 amide bonds. The molecule has 0 saturated carbocycles. The molecule has 2 aromatic carbocycles. The lowest BCUT2D eigenvalue weighted by molar-refractivity contribution is 0.102. The van der Waals surface area contributed by atoms with E-state index in [9.17, 15) is 17.4 Å². The lowest BCUT2D eigenvalue weighted by atomic mass is 10.1. The Labute approximate surface area is 243 Å². The lowest BCUT2D eigenvalue weighted by Gasteiger charge is -2.36. The Balaban J connectivity index is 2.24. The molecular weight excluding hydrogens is 563 g/mol. The van der Waals surface area contributed by atoms with Crippen LogP contribution in [0, 0.1) is 4.78 Å². The Bertz CT molecular complexity index is 1370. The smallest absolute Gasteiger partial charge is 0.257 e. The van der Waals surface area contributed by atoms with Crippen molar-refractivity contribution < 1.29 is 21.8 Å². The fourth-order valence-electron chi connectivity index (χ4n) is 3.76. The fraction of sp³-hybridized carbons (Fsp3) is 0.552. The van der Waals surface area contributed by atoms with Crippen LogP contribution in [0.5, 0.6) is 0 Å². The van der Waals surface area contributed by atoms with Gasteiger partial charge < -0.3 is 9.74 Å². The normalized spacial score (nSPS) is 14.0. The first kappa shape index (κ1) is 34.0. The minimum absolute atomic E-state index is 0.0244. The molecule has 0 aliphatic rings. The molecule has 0 heterocycles. The van der Waals surface area contributed by atoms with Gasteiger partial charge in [-0.25, -0.2) is 17.4 Å². The van der Waals surface area contributed by atoms with Gasteiger partial charge in [-0.2, -0.15) is 0 Å². The first-order chi connectivity index (χ1) is 18.4. The summed E-state index contributed by atoms with van der Waals surface area (Å²) in [6.45, 7) is 13.2. The minimum Gasteiger partial charge on any atom is -0.413 e. The van der Waals surface area contributed by atoms with Crippen molar-refractivity contribution >= 4 is 45.4 Å². The van der Waals surface area contributed by atoms with Crippen molar-refractivity contribution in [2.75, 3.05) is 28.7 Å². The number of anilines is 2. The number of rotatable bonds is 14. The zero-order chi connectivity index (χ0) is 30.4. The largest absolute Gasteiger partial charge is 0.413 e. The first-order valence-electron chi connectivity index (χ1n) is 13.8. The van der Waals surface area contributed by atoms with E-state index in [1.807, 2.05) is 0 Å². The van der Waals surface area contributed by atoms with Crippen LogP contribution in [0.4, 0.5) is 11.4 Å². The molecule has 1 atom stereocenters. The molecule has 0 fully saturated rings. The van der Waals surface area contributed by atoms with Gasteiger partial charge in [0.05, 0.1) is 33.8 Å². The molecule has 11 heteroatoms. The number of nitrogens with one attached hydrogen (secondary N) is 2. The molecule has 0 bridgehead atoms. The molecule has 1 unspecified atom stereocenters. The van der Waals surface area contributed by atoms with E-state index in [1.54, 1.807) is 42.5 Å². The lowest BCUT2D eigenvalue weighted by Crippen LogP contribution is -2.40. The summed E-state index contributed by atoms with van der Waals surface area (Å²) in [6, 6.07) is 11.5. The highest BCUT2D eigenvalue weighted by molar-refractivity contribution is 7.92. The summed E-state index contributed by atoms with van der Waals surface area (Å²) in [5, 5.41) is 2.83. The maximum absolute atomic E-state index is 13.3. The molecule has 2 rings (SSSR count). The van der Waals surface area contributed by atoms with Crippen molar-refractivity contribution in [2.45, 2.75) is 89.4 Å². The SMILES string of the molecule is CCCCCCCS(=N)(=O)c1ccc(NC(=O)c2ccc(CO[Si](C)(C)C(C)(C)C)cc2N(C)S(C)(=O)=O)cc1. The van der Waals surface area contributed by atoms with Crippen LogP contribution in [-0.4, -0.2) is 45.9 Å². The third-order valence-corrected chi connectivity index (χ3v) is 15.1. The van der Waals surface area contributed by atoms with Gasteiger partial charge in [0, 0.05) is 23.4 Å². The molecule has 0 aromatic heterocycles. The number of sulfonamides is 1. The van der Waals surface area contributed by atoms with Crippen LogP contribution in [0.2, 0.25) is 18.1 Å². The Hall–Kier alpha value is -2.21. The predicted molar refractivity (Wildman–Crippen MR) is 169 cm³/mol. The highest BCUT2D eigenvalue weighted by Gasteiger charge is 2.37. The number of amides is 1. The van der Waals surface area contributed by atoms with Crippen LogP contribution in [0.3, 0.4) is 0 Å². The van der Waals surface area contributed by atoms with E-state index in [4.69, 9.17) is 9.21 Å². The van der Waals surface area contributed by atoms with Crippen molar-refractivity contribution in [2.24, 2.45) is 0 Å². The molecular formula is C29H47N3O5S2Si. The Morgan fingerprint density at radius 3 is 2.15 bits per heavy atom. The van der Waals surface area contributed by atoms with E-state index in [1.165, 1.54) is 7.05 Å². The molecule has 224 valence electrons. The van der Waals surface area contributed by atoms with Crippen LogP contribution in [-0.2, 0) is 30.8 Å². The zero-order valence-electron chi connectivity index (χ0n) is 25.3. The summed E-state index contributed by atoms with van der Waals surface area (Å²) < 4.78 is 53.4. The van der Waals surface area contributed by atoms with Gasteiger partial charge in [0.15, 0.2) is 8.32 Å². The number of benzene rings is 2. The highest BCUT2D eigenvalue weighted by atomic mass is 32.2. The predicted octanol–water partition coefficient (Wildman–Crippen LogP) is 7.23. The van der Waals surface area contributed by atoms with Crippen LogP contribution in [0.15, 0.2) is 47.4 Å². The second kappa shape index (κ2) is 13.6. The maximum atomic E-state index is 13.3. The van der Waals surface area contributed by atoms with Crippen molar-refractivity contribution in [3.05, 3.63) is 53.6 Å². The average molecular weight is 610 g/mol. The number of nitrogens with zero attached hydrogens (tertiary/aromatic N) is 1. The van der Waals surface area contributed by atoms with Crippen molar-refractivity contribution in [1.82, 2.24) is 0 Å². The molecule has 0 spiro atoms. The van der Waals surface area contributed by atoms with Gasteiger partial charge >= 0.3 is 0 Å². The van der Waals surface area contributed by atoms with Crippen molar-refractivity contribution in [3.63, 3.8) is 0 Å². The summed E-state index contributed by atoms with van der Waals surface area (Å²) in [7, 11) is -7.15. The van der Waals surface area contributed by atoms with Gasteiger partial charge in [-0.15, -0.1) is 0 Å². The van der Waals surface area contributed by atoms with Crippen molar-refractivity contribution in [1.29, 1.82) is 4.78 Å². The molecule has 0 aliphatic heterocycles. The third kappa shape index (κ3) is 9.42. The van der Waals surface area contributed by atoms with Crippen LogP contribution >= 0.6 is 0 Å². The Kier molecular flexibility index (Phi) is 11.6. The maximum Gasteiger partial charge on any atom is 0.257 e. The van der Waals surface area contributed by atoms with Gasteiger partial charge in [-0.3, -0.25) is 9.10 Å². The second-order valence-corrected chi connectivity index (χ2v) is 21.0. The first-order valence-corrected chi connectivity index (χ1v) is 20.3. The second-order valence-electron chi connectivity index (χ2n) is 11.9. The van der Waals surface area contributed by atoms with Gasteiger partial charge in [0.1, 0.15) is 0 Å². The van der Waals surface area contributed by atoms with Crippen LogP contribution in [0.1, 0.15) is 75.7 Å². The number of carbonyl (C=O) groups is 1. The quantitative estimate of drug-likeness (QED) is 0.173. The topological polar surface area (TPSA) is 117 Å². The van der Waals surface area contributed by atoms with Crippen LogP contribution in [0.25, 0.3) is 0 Å². The average Bonchev–Trinajstić information content (AvgIpc) is 2.85. The summed E-state index contributed by atoms with van der Waals surface area (Å²) in [5.74, 6) is -0.160. The summed E-state index contributed by atoms with van der Waals surface area (Å²) in [4.78, 5) is 13.7. The van der Waals surface area contributed by atoms with Gasteiger partial charge in [-0.1, -0.05) is 59.4 Å². The Morgan fingerprint density at radius 2 is 1.60 bits per heavy atom. The van der Waals surface area contributed by atoms with Gasteiger partial charge in [-0.05, 0) is 66.5 Å². The summed E-state index contributed by atoms with van der Waals surface area (Å²) in [6.07, 6.45) is 6.15. The molecule has 0 saturated heterocycles. The zero-order valence-corrected chi connectivity index (χ0v) is 27.9. The fourth-order valence-corrected chi connectivity index (χ4v) is 6.65. The van der Waals surface area contributed by atoms with Gasteiger partial charge in [0.25, 0.3) is 5.91 Å². The van der Waals surface area contributed by atoms with E-state index in [0.717, 1.165) is 48.2 Å². The summed E-state index contributed by atoms with van der Waals surface area (Å²) >= 11 is 0. The van der Waals surface area contributed by atoms with E-state index in [0.29, 0.717) is 22.9 Å². The third-order valence-electron chi connectivity index (χ3n) is 7.58. The number of hydrogen-bond donors (Lipinski definition) is 2. The molecule has 0 aliphatic carbocycles. The summed E-state index contributed by atoms with van der Waals surface area (Å²) in [5.41, 5.74) is 1.69. The highest BCUT2D eigenvalue weighted by Crippen LogP contribution is 2.37. The molecule has 8 nitrogen and oxygen atoms in total.